The zero-order chi connectivity index (χ0) is 20.7. The number of hydrogen-bond donors (Lipinski definition) is 2. The van der Waals surface area contributed by atoms with Crippen LogP contribution in [0.1, 0.15) is 34.1 Å². The minimum atomic E-state index is -1.11. The Morgan fingerprint density at radius 3 is 2.07 bits per heavy atom. The lowest BCUT2D eigenvalue weighted by Gasteiger charge is -2.15. The summed E-state index contributed by atoms with van der Waals surface area (Å²) in [5.74, 6) is -0.190. The lowest BCUT2D eigenvalue weighted by molar-refractivity contribution is 0.0696. The molecule has 8 nitrogen and oxygen atoms in total. The molecule has 0 aliphatic carbocycles. The van der Waals surface area contributed by atoms with Crippen LogP contribution in [0.2, 0.25) is 0 Å². The molecule has 0 heterocycles. The average Bonchev–Trinajstić information content (AvgIpc) is 2.71. The molecule has 2 rings (SSSR count). The summed E-state index contributed by atoms with van der Waals surface area (Å²) in [5.41, 5.74) is 0.535. The third-order valence-electron chi connectivity index (χ3n) is 3.86. The Morgan fingerprint density at radius 1 is 0.929 bits per heavy atom. The Hall–Kier alpha value is -3.42. The fourth-order valence-corrected chi connectivity index (χ4v) is 2.51. The highest BCUT2D eigenvalue weighted by Gasteiger charge is 2.19. The third-order valence-corrected chi connectivity index (χ3v) is 3.86. The largest absolute Gasteiger partial charge is 0.493 e. The molecule has 2 aromatic carbocycles. The highest BCUT2D eigenvalue weighted by molar-refractivity contribution is 6.06. The molecule has 0 unspecified atom stereocenters. The number of carboxylic acids is 1. The molecule has 2 N–H and O–H groups in total. The van der Waals surface area contributed by atoms with E-state index in [2.05, 4.69) is 5.32 Å². The molecule has 28 heavy (non-hydrogen) atoms. The van der Waals surface area contributed by atoms with Crippen molar-refractivity contribution in [3.05, 3.63) is 41.5 Å². The predicted octanol–water partition coefficient (Wildman–Crippen LogP) is 3.45. The molecular formula is C20H23NO7. The average molecular weight is 389 g/mol. The van der Waals surface area contributed by atoms with Crippen molar-refractivity contribution in [3.63, 3.8) is 0 Å². The molecular weight excluding hydrogens is 366 g/mol. The number of nitrogens with one attached hydrogen (secondary N) is 1. The number of hydrogen-bond acceptors (Lipinski definition) is 6. The summed E-state index contributed by atoms with van der Waals surface area (Å²) in [6, 6.07) is 7.30. The van der Waals surface area contributed by atoms with Gasteiger partial charge in [0.15, 0.2) is 11.5 Å². The number of methoxy groups -OCH3 is 3. The second-order valence-electron chi connectivity index (χ2n) is 5.73. The number of carboxylic acid groups (broad SMARTS) is 1. The van der Waals surface area contributed by atoms with Crippen molar-refractivity contribution in [1.82, 2.24) is 0 Å². The van der Waals surface area contributed by atoms with Crippen LogP contribution in [0.15, 0.2) is 30.3 Å². The van der Waals surface area contributed by atoms with E-state index in [4.69, 9.17) is 18.9 Å². The number of benzene rings is 2. The molecule has 2 aromatic rings. The molecule has 0 atom stereocenters. The van der Waals surface area contributed by atoms with E-state index >= 15 is 0 Å². The van der Waals surface area contributed by atoms with E-state index in [-0.39, 0.29) is 16.8 Å². The fourth-order valence-electron chi connectivity index (χ4n) is 2.51. The number of carbonyl (C=O) groups excluding carboxylic acids is 1. The molecule has 150 valence electrons. The van der Waals surface area contributed by atoms with Gasteiger partial charge in [-0.2, -0.15) is 0 Å². The van der Waals surface area contributed by atoms with Crippen LogP contribution >= 0.6 is 0 Å². The highest BCUT2D eigenvalue weighted by Crippen LogP contribution is 2.38. The maximum absolute atomic E-state index is 12.8. The second-order valence-corrected chi connectivity index (χ2v) is 5.73. The molecule has 1 amide bonds. The van der Waals surface area contributed by atoms with Crippen LogP contribution in [0.3, 0.4) is 0 Å². The van der Waals surface area contributed by atoms with Crippen molar-refractivity contribution in [2.24, 2.45) is 0 Å². The molecule has 0 aliphatic rings. The van der Waals surface area contributed by atoms with Gasteiger partial charge < -0.3 is 29.4 Å². The van der Waals surface area contributed by atoms with E-state index in [0.717, 1.165) is 6.42 Å². The fraction of sp³-hybridized carbons (Fsp3) is 0.300. The van der Waals surface area contributed by atoms with Crippen LogP contribution in [0.4, 0.5) is 5.69 Å². The summed E-state index contributed by atoms with van der Waals surface area (Å²) < 4.78 is 21.4. The zero-order valence-electron chi connectivity index (χ0n) is 16.2. The number of amides is 1. The Labute approximate surface area is 163 Å². The van der Waals surface area contributed by atoms with Gasteiger partial charge in [-0.25, -0.2) is 4.79 Å². The molecule has 0 aliphatic heterocycles. The smallest absolute Gasteiger partial charge is 0.335 e. The van der Waals surface area contributed by atoms with E-state index in [9.17, 15) is 14.7 Å². The summed E-state index contributed by atoms with van der Waals surface area (Å²) in [6.07, 6.45) is 0.765. The van der Waals surface area contributed by atoms with Crippen LogP contribution in [0.25, 0.3) is 0 Å². The van der Waals surface area contributed by atoms with Gasteiger partial charge in [-0.3, -0.25) is 4.79 Å². The topological polar surface area (TPSA) is 103 Å². The normalized spacial score (nSPS) is 10.1. The first-order chi connectivity index (χ1) is 13.4. The maximum Gasteiger partial charge on any atom is 0.335 e. The monoisotopic (exact) mass is 389 g/mol. The van der Waals surface area contributed by atoms with Gasteiger partial charge in [0, 0.05) is 5.56 Å². The Balaban J connectivity index is 2.40. The molecule has 0 bridgehead atoms. The van der Waals surface area contributed by atoms with Crippen LogP contribution < -0.4 is 24.3 Å². The van der Waals surface area contributed by atoms with Crippen molar-refractivity contribution in [1.29, 1.82) is 0 Å². The molecule has 0 fully saturated rings. The van der Waals surface area contributed by atoms with E-state index in [1.165, 1.54) is 51.7 Å². The van der Waals surface area contributed by atoms with Crippen molar-refractivity contribution >= 4 is 17.6 Å². The minimum Gasteiger partial charge on any atom is -0.493 e. The molecule has 0 radical (unpaired) electrons. The number of carbonyl (C=O) groups is 2. The summed E-state index contributed by atoms with van der Waals surface area (Å²) in [5, 5.41) is 11.9. The molecule has 0 saturated heterocycles. The van der Waals surface area contributed by atoms with E-state index in [1.807, 2.05) is 6.92 Å². The Bertz CT molecular complexity index is 839. The molecule has 0 saturated carbocycles. The van der Waals surface area contributed by atoms with Gasteiger partial charge in [-0.1, -0.05) is 6.92 Å². The van der Waals surface area contributed by atoms with Gasteiger partial charge >= 0.3 is 5.97 Å². The molecule has 0 spiro atoms. The predicted molar refractivity (Wildman–Crippen MR) is 103 cm³/mol. The van der Waals surface area contributed by atoms with Crippen LogP contribution in [-0.2, 0) is 0 Å². The van der Waals surface area contributed by atoms with Gasteiger partial charge in [0.25, 0.3) is 5.91 Å². The zero-order valence-corrected chi connectivity index (χ0v) is 16.2. The van der Waals surface area contributed by atoms with Crippen molar-refractivity contribution in [2.75, 3.05) is 33.3 Å². The summed E-state index contributed by atoms with van der Waals surface area (Å²) in [4.78, 5) is 24.1. The van der Waals surface area contributed by atoms with Gasteiger partial charge in [-0.05, 0) is 36.8 Å². The van der Waals surface area contributed by atoms with Gasteiger partial charge in [0.05, 0.1) is 39.2 Å². The number of rotatable bonds is 9. The van der Waals surface area contributed by atoms with Gasteiger partial charge in [-0.15, -0.1) is 0 Å². The lowest BCUT2D eigenvalue weighted by atomic mass is 10.1. The van der Waals surface area contributed by atoms with Gasteiger partial charge in [0.1, 0.15) is 5.75 Å². The second kappa shape index (κ2) is 9.50. The van der Waals surface area contributed by atoms with E-state index in [0.29, 0.717) is 29.6 Å². The van der Waals surface area contributed by atoms with Gasteiger partial charge in [0.2, 0.25) is 5.75 Å². The summed E-state index contributed by atoms with van der Waals surface area (Å²) in [7, 11) is 4.37. The first kappa shape index (κ1) is 20.9. The van der Waals surface area contributed by atoms with Crippen LogP contribution in [-0.4, -0.2) is 44.9 Å². The van der Waals surface area contributed by atoms with Crippen LogP contribution in [0, 0.1) is 0 Å². The third kappa shape index (κ3) is 4.64. The molecule has 0 aromatic heterocycles. The summed E-state index contributed by atoms with van der Waals surface area (Å²) >= 11 is 0. The standard InChI is InChI=1S/C20H23NO7/c1-5-8-28-15-7-6-12(20(23)24)9-14(15)21-19(22)13-10-16(25-2)18(27-4)17(11-13)26-3/h6-7,9-11H,5,8H2,1-4H3,(H,21,22)(H,23,24). The molecule has 8 heteroatoms. The lowest BCUT2D eigenvalue weighted by Crippen LogP contribution is -2.14. The summed E-state index contributed by atoms with van der Waals surface area (Å²) in [6.45, 7) is 2.37. The quantitative estimate of drug-likeness (QED) is 0.677. The van der Waals surface area contributed by atoms with Crippen LogP contribution in [0.5, 0.6) is 23.0 Å². The first-order valence-electron chi connectivity index (χ1n) is 8.56. The van der Waals surface area contributed by atoms with E-state index < -0.39 is 11.9 Å². The SMILES string of the molecule is CCCOc1ccc(C(=O)O)cc1NC(=O)c1cc(OC)c(OC)c(OC)c1. The van der Waals surface area contributed by atoms with Crippen molar-refractivity contribution in [2.45, 2.75) is 13.3 Å². The number of anilines is 1. The van der Waals surface area contributed by atoms with Crippen molar-refractivity contribution < 1.29 is 33.6 Å². The van der Waals surface area contributed by atoms with E-state index in [1.54, 1.807) is 0 Å². The van der Waals surface area contributed by atoms with Crippen molar-refractivity contribution in [3.8, 4) is 23.0 Å². The maximum atomic E-state index is 12.8. The number of aromatic carboxylic acids is 1. The Kier molecular flexibility index (Phi) is 7.08. The first-order valence-corrected chi connectivity index (χ1v) is 8.56. The minimum absolute atomic E-state index is 0.0315. The number of ether oxygens (including phenoxy) is 4. The Morgan fingerprint density at radius 2 is 1.57 bits per heavy atom. The highest BCUT2D eigenvalue weighted by atomic mass is 16.5.